The second kappa shape index (κ2) is 5.02. The van der Waals surface area contributed by atoms with Crippen molar-refractivity contribution in [1.82, 2.24) is 10.2 Å². The maximum Gasteiger partial charge on any atom is 0.299 e. The van der Waals surface area contributed by atoms with Crippen LogP contribution in [0.15, 0.2) is 12.1 Å². The first-order valence-corrected chi connectivity index (χ1v) is 6.60. The summed E-state index contributed by atoms with van der Waals surface area (Å²) in [4.78, 5) is 0. The number of ether oxygens (including phenoxy) is 1. The van der Waals surface area contributed by atoms with Crippen molar-refractivity contribution >= 4 is 22.9 Å². The zero-order chi connectivity index (χ0) is 12.4. The van der Waals surface area contributed by atoms with Crippen LogP contribution in [0.5, 0.6) is 10.9 Å². The van der Waals surface area contributed by atoms with Crippen LogP contribution in [0.4, 0.5) is 0 Å². The molecule has 1 heterocycles. The van der Waals surface area contributed by atoms with Crippen LogP contribution in [-0.4, -0.2) is 10.2 Å². The van der Waals surface area contributed by atoms with E-state index in [9.17, 15) is 0 Å². The molecule has 2 rings (SSSR count). The minimum atomic E-state index is 0.368. The van der Waals surface area contributed by atoms with E-state index in [-0.39, 0.29) is 0 Å². The van der Waals surface area contributed by atoms with Gasteiger partial charge in [0.25, 0.3) is 5.19 Å². The van der Waals surface area contributed by atoms with Crippen LogP contribution < -0.4 is 4.74 Å². The van der Waals surface area contributed by atoms with Gasteiger partial charge in [0.2, 0.25) is 0 Å². The quantitative estimate of drug-likeness (QED) is 0.790. The van der Waals surface area contributed by atoms with Gasteiger partial charge >= 0.3 is 0 Å². The highest BCUT2D eigenvalue weighted by Crippen LogP contribution is 2.32. The zero-order valence-electron chi connectivity index (χ0n) is 9.95. The summed E-state index contributed by atoms with van der Waals surface area (Å²) in [5.74, 6) is 1.23. The fourth-order valence-electron chi connectivity index (χ4n) is 1.50. The lowest BCUT2D eigenvalue weighted by molar-refractivity contribution is 0.465. The van der Waals surface area contributed by atoms with Gasteiger partial charge in [0.1, 0.15) is 10.8 Å². The summed E-state index contributed by atoms with van der Waals surface area (Å²) >= 11 is 7.06. The number of aromatic nitrogens is 2. The Hall–Kier alpha value is -1.13. The smallest absolute Gasteiger partial charge is 0.299 e. The molecule has 2 aromatic rings. The lowest BCUT2D eigenvalue weighted by Crippen LogP contribution is -1.93. The van der Waals surface area contributed by atoms with Crippen molar-refractivity contribution in [2.75, 3.05) is 0 Å². The van der Waals surface area contributed by atoms with E-state index in [0.717, 1.165) is 21.9 Å². The van der Waals surface area contributed by atoms with E-state index < -0.39 is 0 Å². The number of nitrogens with zero attached hydrogens (tertiary/aromatic N) is 2. The molecule has 0 unspecified atom stereocenters. The Kier molecular flexibility index (Phi) is 3.64. The highest BCUT2D eigenvalue weighted by atomic mass is 35.5. The molecule has 0 aliphatic carbocycles. The van der Waals surface area contributed by atoms with Gasteiger partial charge in [-0.3, -0.25) is 0 Å². The molecule has 3 nitrogen and oxygen atoms in total. The zero-order valence-corrected chi connectivity index (χ0v) is 11.5. The van der Waals surface area contributed by atoms with Crippen LogP contribution in [0.1, 0.15) is 21.7 Å². The monoisotopic (exact) mass is 268 g/mol. The van der Waals surface area contributed by atoms with Gasteiger partial charge in [-0.2, -0.15) is 0 Å². The van der Waals surface area contributed by atoms with Gasteiger partial charge in [0.15, 0.2) is 0 Å². The third-order valence-electron chi connectivity index (χ3n) is 2.63. The second-order valence-electron chi connectivity index (χ2n) is 3.85. The van der Waals surface area contributed by atoms with E-state index >= 15 is 0 Å². The van der Waals surface area contributed by atoms with Gasteiger partial charge in [-0.25, -0.2) is 0 Å². The van der Waals surface area contributed by atoms with E-state index in [1.807, 2.05) is 19.9 Å². The summed E-state index contributed by atoms with van der Waals surface area (Å²) in [7, 11) is 0. The third kappa shape index (κ3) is 2.58. The minimum absolute atomic E-state index is 0.368. The Balaban J connectivity index is 2.32. The molecule has 0 amide bonds. The molecule has 0 fully saturated rings. The normalized spacial score (nSPS) is 10.6. The van der Waals surface area contributed by atoms with Gasteiger partial charge in [-0.05, 0) is 37.5 Å². The molecule has 0 spiro atoms. The number of halogens is 1. The predicted molar refractivity (Wildman–Crippen MR) is 70.2 cm³/mol. The van der Waals surface area contributed by atoms with Gasteiger partial charge in [-0.15, -0.1) is 16.7 Å². The number of alkyl halides is 1. The van der Waals surface area contributed by atoms with E-state index in [1.54, 1.807) is 0 Å². The summed E-state index contributed by atoms with van der Waals surface area (Å²) in [5, 5.41) is 9.19. The maximum atomic E-state index is 5.79. The average molecular weight is 269 g/mol. The van der Waals surface area contributed by atoms with Crippen LogP contribution >= 0.6 is 22.9 Å². The van der Waals surface area contributed by atoms with Crippen molar-refractivity contribution in [3.05, 3.63) is 33.8 Å². The van der Waals surface area contributed by atoms with Crippen molar-refractivity contribution < 1.29 is 4.74 Å². The van der Waals surface area contributed by atoms with Gasteiger partial charge in [0, 0.05) is 0 Å². The standard InChI is InChI=1S/C12H13ClN2OS/c1-7-4-5-8(2)11(9(7)3)16-12-15-14-10(6-13)17-12/h4-5H,6H2,1-3H3. The summed E-state index contributed by atoms with van der Waals surface area (Å²) < 4.78 is 5.79. The van der Waals surface area contributed by atoms with Crippen LogP contribution in [-0.2, 0) is 5.88 Å². The predicted octanol–water partition coefficient (Wildman–Crippen LogP) is 3.99. The number of hydrogen-bond donors (Lipinski definition) is 0. The lowest BCUT2D eigenvalue weighted by Gasteiger charge is -2.10. The Labute approximate surface area is 109 Å². The average Bonchev–Trinajstić information content (AvgIpc) is 2.77. The molecule has 0 aliphatic rings. The fraction of sp³-hybridized carbons (Fsp3) is 0.333. The Bertz CT molecular complexity index is 539. The third-order valence-corrected chi connectivity index (χ3v) is 3.84. The Morgan fingerprint density at radius 1 is 1.18 bits per heavy atom. The molecule has 0 saturated heterocycles. The molecule has 0 N–H and O–H groups in total. The molecule has 5 heteroatoms. The van der Waals surface area contributed by atoms with E-state index in [0.29, 0.717) is 11.1 Å². The second-order valence-corrected chi connectivity index (χ2v) is 5.14. The highest BCUT2D eigenvalue weighted by Gasteiger charge is 2.11. The van der Waals surface area contributed by atoms with Crippen molar-refractivity contribution in [2.45, 2.75) is 26.7 Å². The highest BCUT2D eigenvalue weighted by molar-refractivity contribution is 7.13. The van der Waals surface area contributed by atoms with Gasteiger partial charge < -0.3 is 4.74 Å². The molecule has 1 aromatic heterocycles. The van der Waals surface area contributed by atoms with Crippen molar-refractivity contribution in [2.24, 2.45) is 0 Å². The number of aryl methyl sites for hydroxylation is 2. The Morgan fingerprint density at radius 3 is 2.53 bits per heavy atom. The number of hydrogen-bond acceptors (Lipinski definition) is 4. The van der Waals surface area contributed by atoms with E-state index in [1.165, 1.54) is 16.9 Å². The molecule has 0 saturated carbocycles. The van der Waals surface area contributed by atoms with Crippen molar-refractivity contribution in [3.63, 3.8) is 0 Å². The Morgan fingerprint density at radius 2 is 1.88 bits per heavy atom. The molecule has 90 valence electrons. The molecule has 1 aromatic carbocycles. The topological polar surface area (TPSA) is 35.0 Å². The first-order valence-electron chi connectivity index (χ1n) is 5.25. The van der Waals surface area contributed by atoms with Crippen molar-refractivity contribution in [3.8, 4) is 10.9 Å². The molecule has 0 aliphatic heterocycles. The first kappa shape index (κ1) is 12.3. The van der Waals surface area contributed by atoms with E-state index in [4.69, 9.17) is 16.3 Å². The van der Waals surface area contributed by atoms with Crippen LogP contribution in [0.3, 0.4) is 0 Å². The lowest BCUT2D eigenvalue weighted by atomic mass is 10.1. The van der Waals surface area contributed by atoms with Crippen LogP contribution in [0.25, 0.3) is 0 Å². The summed E-state index contributed by atoms with van der Waals surface area (Å²) in [6.07, 6.45) is 0. The summed E-state index contributed by atoms with van der Waals surface area (Å²) in [6, 6.07) is 4.13. The largest absolute Gasteiger partial charge is 0.429 e. The molecule has 0 bridgehead atoms. The number of benzene rings is 1. The summed E-state index contributed by atoms with van der Waals surface area (Å²) in [5.41, 5.74) is 3.43. The molecular formula is C12H13ClN2OS. The van der Waals surface area contributed by atoms with Gasteiger partial charge in [-0.1, -0.05) is 28.6 Å². The van der Waals surface area contributed by atoms with Crippen LogP contribution in [0.2, 0.25) is 0 Å². The molecule has 0 radical (unpaired) electrons. The van der Waals surface area contributed by atoms with Crippen molar-refractivity contribution in [1.29, 1.82) is 0 Å². The van der Waals surface area contributed by atoms with E-state index in [2.05, 4.69) is 23.2 Å². The maximum absolute atomic E-state index is 5.79. The SMILES string of the molecule is Cc1ccc(C)c(Oc2nnc(CCl)s2)c1C. The fourth-order valence-corrected chi connectivity index (χ4v) is 2.26. The van der Waals surface area contributed by atoms with Crippen LogP contribution in [0, 0.1) is 20.8 Å². The molecule has 17 heavy (non-hydrogen) atoms. The summed E-state index contributed by atoms with van der Waals surface area (Å²) in [6.45, 7) is 6.12. The number of rotatable bonds is 3. The van der Waals surface area contributed by atoms with Gasteiger partial charge in [0.05, 0.1) is 5.88 Å². The molecular weight excluding hydrogens is 256 g/mol. The minimum Gasteiger partial charge on any atom is -0.429 e. The first-order chi connectivity index (χ1) is 8.11. The molecule has 0 atom stereocenters.